The van der Waals surface area contributed by atoms with Crippen molar-refractivity contribution in [3.63, 3.8) is 0 Å². The van der Waals surface area contributed by atoms with Crippen molar-refractivity contribution in [1.29, 1.82) is 0 Å². The number of ether oxygens (including phenoxy) is 1. The third-order valence-electron chi connectivity index (χ3n) is 3.05. The van der Waals surface area contributed by atoms with E-state index < -0.39 is 14.0 Å². The Kier molecular flexibility index (Phi) is 4.25. The molecule has 0 radical (unpaired) electrons. The van der Waals surface area contributed by atoms with Gasteiger partial charge < -0.3 is 15.5 Å². The molecule has 0 saturated heterocycles. The summed E-state index contributed by atoms with van der Waals surface area (Å²) >= 11 is 0. The summed E-state index contributed by atoms with van der Waals surface area (Å²) in [6, 6.07) is 6.33. The number of nitrogens with one attached hydrogen (secondary N) is 1. The number of rotatable bonds is 6. The van der Waals surface area contributed by atoms with Crippen molar-refractivity contribution < 1.29 is 9.53 Å². The van der Waals surface area contributed by atoms with Gasteiger partial charge in [-0.05, 0) is 24.2 Å². The van der Waals surface area contributed by atoms with E-state index in [4.69, 9.17) is 10.5 Å². The van der Waals surface area contributed by atoms with Crippen molar-refractivity contribution in [2.45, 2.75) is 32.3 Å². The number of aromatic amines is 1. The van der Waals surface area contributed by atoms with E-state index in [2.05, 4.69) is 29.6 Å². The van der Waals surface area contributed by atoms with Gasteiger partial charge in [-0.15, -0.1) is 0 Å². The minimum atomic E-state index is -1.05. The molecule has 3 N–H and O–H groups in total. The number of carbonyl (C=O) groups is 1. The van der Waals surface area contributed by atoms with Gasteiger partial charge in [0.25, 0.3) is 0 Å². The Bertz CT molecular complexity index is 616. The molecule has 2 aromatic rings. The number of primary amides is 1. The maximum atomic E-state index is 11.1. The van der Waals surface area contributed by atoms with Crippen LogP contribution in [0.25, 0.3) is 11.0 Å². The number of H-pyrrole nitrogens is 1. The summed E-state index contributed by atoms with van der Waals surface area (Å²) in [4.78, 5) is 18.7. The Morgan fingerprint density at radius 3 is 2.80 bits per heavy atom. The van der Waals surface area contributed by atoms with Crippen LogP contribution in [0.1, 0.15) is 16.2 Å². The minimum Gasteiger partial charge on any atom is -0.374 e. The molecule has 2 rings (SSSR count). The molecule has 0 aliphatic rings. The van der Waals surface area contributed by atoms with Gasteiger partial charge in [-0.1, -0.05) is 19.6 Å². The van der Waals surface area contributed by atoms with E-state index in [1.54, 1.807) is 18.2 Å². The zero-order valence-corrected chi connectivity index (χ0v) is 13.2. The van der Waals surface area contributed by atoms with Crippen LogP contribution in [0.4, 0.5) is 0 Å². The largest absolute Gasteiger partial charge is 0.374 e. The summed E-state index contributed by atoms with van der Waals surface area (Å²) in [5, 5.41) is 0. The Hall–Kier alpha value is -1.66. The number of amides is 1. The molecular weight excluding hydrogens is 270 g/mol. The zero-order valence-electron chi connectivity index (χ0n) is 12.2. The van der Waals surface area contributed by atoms with E-state index in [9.17, 15) is 4.79 Å². The number of fused-ring (bicyclic) bond motifs is 1. The van der Waals surface area contributed by atoms with Gasteiger partial charge in [-0.25, -0.2) is 4.98 Å². The fourth-order valence-corrected chi connectivity index (χ4v) is 2.59. The summed E-state index contributed by atoms with van der Waals surface area (Å²) in [7, 11) is -1.05. The smallest absolute Gasteiger partial charge is 0.248 e. The lowest BCUT2D eigenvalue weighted by Gasteiger charge is -2.14. The van der Waals surface area contributed by atoms with Crippen LogP contribution in [-0.4, -0.2) is 30.6 Å². The average molecular weight is 291 g/mol. The van der Waals surface area contributed by atoms with Gasteiger partial charge in [-0.2, -0.15) is 0 Å². The van der Waals surface area contributed by atoms with Crippen LogP contribution in [0.5, 0.6) is 0 Å². The molecule has 0 aliphatic carbocycles. The van der Waals surface area contributed by atoms with E-state index >= 15 is 0 Å². The summed E-state index contributed by atoms with van der Waals surface area (Å²) in [5.41, 5.74) is 7.36. The van der Waals surface area contributed by atoms with Crippen molar-refractivity contribution in [2.24, 2.45) is 5.73 Å². The first-order chi connectivity index (χ1) is 9.35. The Morgan fingerprint density at radius 1 is 1.40 bits per heavy atom. The molecule has 5 nitrogen and oxygen atoms in total. The molecule has 1 amide bonds. The predicted octanol–water partition coefficient (Wildman–Crippen LogP) is 2.52. The number of hydrogen-bond donors (Lipinski definition) is 2. The second-order valence-corrected chi connectivity index (χ2v) is 11.8. The predicted molar refractivity (Wildman–Crippen MR) is 82.4 cm³/mol. The van der Waals surface area contributed by atoms with Gasteiger partial charge in [0.2, 0.25) is 5.91 Å². The fourth-order valence-electron chi connectivity index (χ4n) is 1.83. The molecule has 0 atom stereocenters. The van der Waals surface area contributed by atoms with Crippen molar-refractivity contribution in [3.05, 3.63) is 29.6 Å². The molecule has 0 spiro atoms. The second-order valence-electron chi connectivity index (χ2n) is 6.14. The summed E-state index contributed by atoms with van der Waals surface area (Å²) in [6.07, 6.45) is 0. The van der Waals surface area contributed by atoms with Crippen LogP contribution < -0.4 is 5.73 Å². The maximum Gasteiger partial charge on any atom is 0.248 e. The van der Waals surface area contributed by atoms with Gasteiger partial charge in [-0.3, -0.25) is 4.79 Å². The molecular formula is C14H21N3O2Si. The van der Waals surface area contributed by atoms with Crippen molar-refractivity contribution in [2.75, 3.05) is 6.61 Å². The SMILES string of the molecule is C[Si](C)(C)CCOCc1nc2ccc(C(N)=O)cc2[nH]1. The molecule has 0 fully saturated rings. The number of nitrogens with zero attached hydrogens (tertiary/aromatic N) is 1. The molecule has 1 heterocycles. The highest BCUT2D eigenvalue weighted by atomic mass is 28.3. The van der Waals surface area contributed by atoms with Crippen LogP contribution >= 0.6 is 0 Å². The summed E-state index contributed by atoms with van der Waals surface area (Å²) in [5.74, 6) is 0.339. The third-order valence-corrected chi connectivity index (χ3v) is 4.75. The first-order valence-electron chi connectivity index (χ1n) is 6.71. The van der Waals surface area contributed by atoms with Crippen LogP contribution in [0, 0.1) is 0 Å². The minimum absolute atomic E-state index is 0.436. The van der Waals surface area contributed by atoms with Crippen molar-refractivity contribution in [3.8, 4) is 0 Å². The highest BCUT2D eigenvalue weighted by Crippen LogP contribution is 2.14. The van der Waals surface area contributed by atoms with Crippen LogP contribution in [-0.2, 0) is 11.3 Å². The van der Waals surface area contributed by atoms with E-state index in [0.717, 1.165) is 29.5 Å². The average Bonchev–Trinajstić information content (AvgIpc) is 2.75. The third kappa shape index (κ3) is 3.91. The van der Waals surface area contributed by atoms with Gasteiger partial charge in [0.15, 0.2) is 0 Å². The molecule has 0 unspecified atom stereocenters. The monoisotopic (exact) mass is 291 g/mol. The van der Waals surface area contributed by atoms with E-state index in [1.807, 2.05) is 0 Å². The lowest BCUT2D eigenvalue weighted by Crippen LogP contribution is -2.21. The first-order valence-corrected chi connectivity index (χ1v) is 10.4. The Labute approximate surface area is 119 Å². The molecule has 0 aliphatic heterocycles. The molecule has 6 heteroatoms. The fraction of sp³-hybridized carbons (Fsp3) is 0.429. The number of benzene rings is 1. The maximum absolute atomic E-state index is 11.1. The molecule has 0 saturated carbocycles. The lowest BCUT2D eigenvalue weighted by molar-refractivity contribution is 0.100. The van der Waals surface area contributed by atoms with Crippen molar-refractivity contribution >= 4 is 25.0 Å². The standard InChI is InChI=1S/C14H21N3O2Si/c1-20(2,3)7-6-19-9-13-16-11-5-4-10(14(15)18)8-12(11)17-13/h4-5,8H,6-7,9H2,1-3H3,(H2,15,18)(H,16,17). The zero-order chi connectivity index (χ0) is 14.8. The second kappa shape index (κ2) is 5.76. The number of imidazole rings is 1. The molecule has 1 aromatic carbocycles. The summed E-state index contributed by atoms with van der Waals surface area (Å²) < 4.78 is 5.65. The van der Waals surface area contributed by atoms with E-state index in [0.29, 0.717) is 12.2 Å². The van der Waals surface area contributed by atoms with Gasteiger partial charge in [0, 0.05) is 20.2 Å². The molecule has 108 valence electrons. The van der Waals surface area contributed by atoms with Gasteiger partial charge in [0.05, 0.1) is 11.0 Å². The number of hydrogen-bond acceptors (Lipinski definition) is 3. The first kappa shape index (κ1) is 14.7. The highest BCUT2D eigenvalue weighted by molar-refractivity contribution is 6.76. The van der Waals surface area contributed by atoms with Crippen LogP contribution in [0.2, 0.25) is 25.7 Å². The normalized spacial score (nSPS) is 11.9. The van der Waals surface area contributed by atoms with Crippen LogP contribution in [0.15, 0.2) is 18.2 Å². The van der Waals surface area contributed by atoms with Gasteiger partial charge in [0.1, 0.15) is 12.4 Å². The Balaban J connectivity index is 1.99. The van der Waals surface area contributed by atoms with Crippen molar-refractivity contribution in [1.82, 2.24) is 9.97 Å². The molecule has 20 heavy (non-hydrogen) atoms. The molecule has 1 aromatic heterocycles. The number of nitrogens with two attached hydrogens (primary N) is 1. The summed E-state index contributed by atoms with van der Waals surface area (Å²) in [6.45, 7) is 8.19. The van der Waals surface area contributed by atoms with E-state index in [1.165, 1.54) is 0 Å². The number of carbonyl (C=O) groups excluding carboxylic acids is 1. The lowest BCUT2D eigenvalue weighted by atomic mass is 10.2. The molecule has 0 bridgehead atoms. The highest BCUT2D eigenvalue weighted by Gasteiger charge is 2.12. The quantitative estimate of drug-likeness (QED) is 0.634. The van der Waals surface area contributed by atoms with Gasteiger partial charge >= 0.3 is 0 Å². The van der Waals surface area contributed by atoms with E-state index in [-0.39, 0.29) is 0 Å². The van der Waals surface area contributed by atoms with Crippen LogP contribution in [0.3, 0.4) is 0 Å². The number of aromatic nitrogens is 2. The Morgan fingerprint density at radius 2 is 2.15 bits per heavy atom. The topological polar surface area (TPSA) is 81.0 Å².